The minimum atomic E-state index is -1.15. The fourth-order valence-corrected chi connectivity index (χ4v) is 5.59. The molecule has 0 bridgehead atoms. The van der Waals surface area contributed by atoms with E-state index < -0.39 is 29.3 Å². The van der Waals surface area contributed by atoms with Crippen LogP contribution in [0.3, 0.4) is 0 Å². The number of aliphatic carboxylic acids is 1. The third-order valence-electron chi connectivity index (χ3n) is 4.77. The van der Waals surface area contributed by atoms with E-state index in [0.717, 1.165) is 5.56 Å². The number of nitrogens with one attached hydrogen (secondary N) is 2. The summed E-state index contributed by atoms with van der Waals surface area (Å²) >= 11 is 2.80. The van der Waals surface area contributed by atoms with Crippen molar-refractivity contribution >= 4 is 41.4 Å². The van der Waals surface area contributed by atoms with Crippen molar-refractivity contribution in [1.29, 1.82) is 0 Å². The lowest BCUT2D eigenvalue weighted by Crippen LogP contribution is -2.71. The van der Waals surface area contributed by atoms with Crippen LogP contribution >= 0.6 is 23.5 Å². The smallest absolute Gasteiger partial charge is 0.352 e. The highest BCUT2D eigenvalue weighted by Gasteiger charge is 2.54. The topological polar surface area (TPSA) is 125 Å². The summed E-state index contributed by atoms with van der Waals surface area (Å²) in [6, 6.07) is 8.19. The van der Waals surface area contributed by atoms with Gasteiger partial charge < -0.3 is 15.7 Å². The van der Waals surface area contributed by atoms with E-state index in [1.165, 1.54) is 28.4 Å². The van der Waals surface area contributed by atoms with Gasteiger partial charge in [-0.1, -0.05) is 30.3 Å². The molecule has 9 nitrogen and oxygen atoms in total. The van der Waals surface area contributed by atoms with E-state index in [1.54, 1.807) is 18.6 Å². The van der Waals surface area contributed by atoms with Crippen LogP contribution in [0.4, 0.5) is 4.79 Å². The molecular weight excluding hydrogens is 438 g/mol. The lowest BCUT2D eigenvalue weighted by atomic mass is 10.0. The van der Waals surface area contributed by atoms with Crippen LogP contribution in [0.25, 0.3) is 0 Å². The van der Waals surface area contributed by atoms with Gasteiger partial charge in [0.25, 0.3) is 5.91 Å². The molecule has 3 N–H and O–H groups in total. The Labute approximate surface area is 186 Å². The highest BCUT2D eigenvalue weighted by atomic mass is 32.2. The maximum absolute atomic E-state index is 12.7. The molecule has 2 aliphatic rings. The molecule has 1 saturated heterocycles. The summed E-state index contributed by atoms with van der Waals surface area (Å²) in [5, 5.41) is 15.4. The Bertz CT molecular complexity index is 1020. The molecule has 2 aromatic rings. The van der Waals surface area contributed by atoms with Crippen LogP contribution in [0, 0.1) is 0 Å². The van der Waals surface area contributed by atoms with Gasteiger partial charge in [0.2, 0.25) is 0 Å². The fourth-order valence-electron chi connectivity index (χ4n) is 3.29. The third kappa shape index (κ3) is 4.67. The van der Waals surface area contributed by atoms with Crippen LogP contribution < -0.4 is 10.6 Å². The first-order valence-corrected chi connectivity index (χ1v) is 11.4. The summed E-state index contributed by atoms with van der Waals surface area (Å²) in [5.41, 5.74) is 1.57. The van der Waals surface area contributed by atoms with Crippen molar-refractivity contribution in [2.75, 3.05) is 11.5 Å². The maximum Gasteiger partial charge on any atom is 0.352 e. The van der Waals surface area contributed by atoms with Crippen LogP contribution in [0.5, 0.6) is 0 Å². The number of thioether (sulfide) groups is 2. The largest absolute Gasteiger partial charge is 0.477 e. The number of aromatic nitrogens is 2. The number of fused-ring (bicyclic) bond motifs is 1. The van der Waals surface area contributed by atoms with E-state index in [2.05, 4.69) is 20.6 Å². The molecule has 1 fully saturated rings. The van der Waals surface area contributed by atoms with Gasteiger partial charge in [-0.05, 0) is 11.1 Å². The Morgan fingerprint density at radius 3 is 2.77 bits per heavy atom. The quantitative estimate of drug-likeness (QED) is 0.424. The molecule has 0 spiro atoms. The van der Waals surface area contributed by atoms with Crippen molar-refractivity contribution in [2.45, 2.75) is 23.0 Å². The number of hydrogen-bond donors (Lipinski definition) is 3. The first kappa shape index (κ1) is 21.2. The first-order valence-electron chi connectivity index (χ1n) is 9.41. The second kappa shape index (κ2) is 9.40. The van der Waals surface area contributed by atoms with Crippen molar-refractivity contribution in [2.24, 2.45) is 0 Å². The lowest BCUT2D eigenvalue weighted by Gasteiger charge is -2.49. The van der Waals surface area contributed by atoms with E-state index in [-0.39, 0.29) is 5.70 Å². The molecule has 1 aromatic heterocycles. The number of urea groups is 1. The number of hydrogen-bond acceptors (Lipinski definition) is 7. The predicted molar refractivity (Wildman–Crippen MR) is 116 cm³/mol. The van der Waals surface area contributed by atoms with Crippen LogP contribution in [0.1, 0.15) is 5.56 Å². The number of rotatable bonds is 7. The third-order valence-corrected chi connectivity index (χ3v) is 7.11. The summed E-state index contributed by atoms with van der Waals surface area (Å²) in [4.78, 5) is 46.2. The average Bonchev–Trinajstić information content (AvgIpc) is 2.80. The predicted octanol–water partition coefficient (Wildman–Crippen LogP) is 1.69. The highest BCUT2D eigenvalue weighted by molar-refractivity contribution is 8.01. The van der Waals surface area contributed by atoms with Gasteiger partial charge >= 0.3 is 12.0 Å². The van der Waals surface area contributed by atoms with Gasteiger partial charge in [-0.2, -0.15) is 0 Å². The maximum atomic E-state index is 12.7. The molecule has 0 saturated carbocycles. The Morgan fingerprint density at radius 2 is 2.06 bits per heavy atom. The van der Waals surface area contributed by atoms with Crippen molar-refractivity contribution in [3.05, 3.63) is 65.8 Å². The lowest BCUT2D eigenvalue weighted by molar-refractivity contribution is -0.148. The summed E-state index contributed by atoms with van der Waals surface area (Å²) in [6.45, 7) is 0.332. The Hall–Kier alpha value is -3.05. The van der Waals surface area contributed by atoms with Gasteiger partial charge in [-0.3, -0.25) is 14.7 Å². The van der Waals surface area contributed by atoms with Gasteiger partial charge in [0.05, 0.1) is 6.20 Å². The second-order valence-corrected chi connectivity index (χ2v) is 8.89. The zero-order valence-electron chi connectivity index (χ0n) is 16.2. The number of amides is 3. The van der Waals surface area contributed by atoms with Gasteiger partial charge in [-0.25, -0.2) is 14.6 Å². The molecule has 2 atom stereocenters. The molecule has 31 heavy (non-hydrogen) atoms. The molecule has 4 rings (SSSR count). The minimum Gasteiger partial charge on any atom is -0.477 e. The van der Waals surface area contributed by atoms with Crippen LogP contribution in [0.15, 0.2) is 65.2 Å². The Kier molecular flexibility index (Phi) is 6.42. The van der Waals surface area contributed by atoms with Crippen molar-refractivity contribution in [3.63, 3.8) is 0 Å². The Morgan fingerprint density at radius 1 is 1.26 bits per heavy atom. The van der Waals surface area contributed by atoms with E-state index in [1.807, 2.05) is 30.3 Å². The molecular formula is C20H19N5O4S2. The van der Waals surface area contributed by atoms with Crippen molar-refractivity contribution in [3.8, 4) is 0 Å². The van der Waals surface area contributed by atoms with Crippen LogP contribution in [-0.2, 0) is 16.1 Å². The Balaban J connectivity index is 1.38. The first-order chi connectivity index (χ1) is 15.0. The molecule has 1 aromatic carbocycles. The van der Waals surface area contributed by atoms with Gasteiger partial charge in [0, 0.05) is 30.4 Å². The van der Waals surface area contributed by atoms with Crippen molar-refractivity contribution < 1.29 is 19.5 Å². The number of β-lactam (4-membered cyclic amide) rings is 1. The van der Waals surface area contributed by atoms with Gasteiger partial charge in [0.15, 0.2) is 0 Å². The number of carboxylic acid groups (broad SMARTS) is 1. The molecule has 0 aliphatic carbocycles. The molecule has 2 aliphatic heterocycles. The van der Waals surface area contributed by atoms with Crippen LogP contribution in [-0.4, -0.2) is 60.8 Å². The minimum absolute atomic E-state index is 0.00659. The number of carbonyl (C=O) groups is 3. The summed E-state index contributed by atoms with van der Waals surface area (Å²) in [7, 11) is 0. The average molecular weight is 458 g/mol. The summed E-state index contributed by atoms with van der Waals surface area (Å²) < 4.78 is 0. The normalized spacial score (nSPS) is 20.0. The van der Waals surface area contributed by atoms with Crippen molar-refractivity contribution in [1.82, 2.24) is 25.5 Å². The van der Waals surface area contributed by atoms with E-state index in [9.17, 15) is 19.5 Å². The standard InChI is InChI=1S/C20H19N5O4S2/c26-17-15(24-20(29)23-8-12-4-2-1-3-5-12)18-25(17)16(19(27)28)13(11-31-18)10-30-14-9-21-6-7-22-14/h1-7,9,15,18H,8,10-11H2,(H,27,28)(H2,23,24,29)/t15?,18-/m0/s1. The number of benzene rings is 1. The number of carbonyl (C=O) groups excluding carboxylic acids is 2. The van der Waals surface area contributed by atoms with Crippen LogP contribution in [0.2, 0.25) is 0 Å². The highest BCUT2D eigenvalue weighted by Crippen LogP contribution is 2.41. The molecule has 160 valence electrons. The molecule has 1 unspecified atom stereocenters. The zero-order chi connectivity index (χ0) is 21.8. The number of carboxylic acids is 1. The van der Waals surface area contributed by atoms with E-state index in [4.69, 9.17) is 0 Å². The molecule has 3 heterocycles. The monoisotopic (exact) mass is 457 g/mol. The molecule has 3 amide bonds. The molecule has 0 radical (unpaired) electrons. The van der Waals surface area contributed by atoms with Gasteiger partial charge in [0.1, 0.15) is 22.1 Å². The summed E-state index contributed by atoms with van der Waals surface area (Å²) in [5.74, 6) is -0.737. The number of nitrogens with zero attached hydrogens (tertiary/aromatic N) is 3. The van der Waals surface area contributed by atoms with E-state index >= 15 is 0 Å². The SMILES string of the molecule is O=C(NCc1ccccc1)NC1C(=O)N2C(C(=O)O)=C(CSc3cnccn3)CS[C@@H]12. The second-order valence-electron chi connectivity index (χ2n) is 6.79. The van der Waals surface area contributed by atoms with Gasteiger partial charge in [-0.15, -0.1) is 23.5 Å². The fraction of sp³-hybridized carbons (Fsp3) is 0.250. The van der Waals surface area contributed by atoms with E-state index in [0.29, 0.717) is 28.6 Å². The summed E-state index contributed by atoms with van der Waals surface area (Å²) in [6.07, 6.45) is 4.74. The zero-order valence-corrected chi connectivity index (χ0v) is 17.9. The molecule has 11 heteroatoms.